The van der Waals surface area contributed by atoms with Crippen LogP contribution in [0.3, 0.4) is 0 Å². The fraction of sp³-hybridized carbons (Fsp3) is 0.400. The van der Waals surface area contributed by atoms with Gasteiger partial charge in [0.05, 0.1) is 25.9 Å². The van der Waals surface area contributed by atoms with E-state index in [0.29, 0.717) is 43.3 Å². The van der Waals surface area contributed by atoms with Gasteiger partial charge >= 0.3 is 5.97 Å². The van der Waals surface area contributed by atoms with Crippen molar-refractivity contribution in [2.24, 2.45) is 4.99 Å². The Morgan fingerprint density at radius 1 is 1.30 bits per heavy atom. The predicted octanol–water partition coefficient (Wildman–Crippen LogP) is 2.73. The zero-order valence-corrected chi connectivity index (χ0v) is 18.8. The molecule has 1 fully saturated rings. The maximum Gasteiger partial charge on any atom is 0.338 e. The SMILES string of the molecule is COC(=O)C1=C(CN2CCOCC2)NC(c2ccccn2)=NC12CC(C)c1cc(F)ccc12. The number of halogens is 1. The van der Waals surface area contributed by atoms with Crippen molar-refractivity contribution < 1.29 is 18.7 Å². The van der Waals surface area contributed by atoms with Crippen LogP contribution in [0.25, 0.3) is 0 Å². The molecule has 3 heterocycles. The Labute approximate surface area is 192 Å². The van der Waals surface area contributed by atoms with Crippen LogP contribution in [-0.2, 0) is 19.8 Å². The number of aliphatic imine (C=N–C) groups is 1. The number of amidine groups is 1. The Morgan fingerprint density at radius 3 is 2.85 bits per heavy atom. The Hall–Kier alpha value is -3.10. The average molecular weight is 451 g/mol. The topological polar surface area (TPSA) is 76.0 Å². The monoisotopic (exact) mass is 450 g/mol. The van der Waals surface area contributed by atoms with Gasteiger partial charge in [0.1, 0.15) is 17.1 Å². The predicted molar refractivity (Wildman–Crippen MR) is 121 cm³/mol. The maximum absolute atomic E-state index is 14.2. The molecule has 3 aliphatic rings. The minimum atomic E-state index is -0.977. The highest BCUT2D eigenvalue weighted by Gasteiger charge is 2.51. The molecule has 7 nitrogen and oxygen atoms in total. The molecule has 1 aliphatic carbocycles. The van der Waals surface area contributed by atoms with E-state index in [-0.39, 0.29) is 11.7 Å². The number of rotatable bonds is 4. The largest absolute Gasteiger partial charge is 0.466 e. The van der Waals surface area contributed by atoms with Gasteiger partial charge < -0.3 is 14.8 Å². The van der Waals surface area contributed by atoms with E-state index in [9.17, 15) is 9.18 Å². The molecule has 1 aromatic heterocycles. The molecular weight excluding hydrogens is 423 g/mol. The van der Waals surface area contributed by atoms with Crippen molar-refractivity contribution in [2.45, 2.75) is 24.8 Å². The quantitative estimate of drug-likeness (QED) is 0.722. The summed E-state index contributed by atoms with van der Waals surface area (Å²) in [7, 11) is 1.39. The summed E-state index contributed by atoms with van der Waals surface area (Å²) in [4.78, 5) is 25.1. The fourth-order valence-electron chi connectivity index (χ4n) is 5.17. The number of carbonyl (C=O) groups excluding carboxylic acids is 1. The Kier molecular flexibility index (Phi) is 5.72. The number of carbonyl (C=O) groups is 1. The zero-order chi connectivity index (χ0) is 23.0. The standard InChI is InChI=1S/C25H27FN4O3/c1-16-14-25(19-7-6-17(26)13-18(16)19)22(24(31)32-2)21(15-30-9-11-33-12-10-30)28-23(29-25)20-5-3-4-8-27-20/h3-8,13,16H,9-12,14-15H2,1-2H3,(H,28,29). The van der Waals surface area contributed by atoms with Crippen molar-refractivity contribution >= 4 is 11.8 Å². The van der Waals surface area contributed by atoms with Crippen LogP contribution in [0.5, 0.6) is 0 Å². The second-order valence-corrected chi connectivity index (χ2v) is 8.73. The van der Waals surface area contributed by atoms with E-state index in [0.717, 1.165) is 29.9 Å². The van der Waals surface area contributed by atoms with Crippen LogP contribution >= 0.6 is 0 Å². The molecule has 1 spiro atoms. The van der Waals surface area contributed by atoms with E-state index in [1.54, 1.807) is 18.3 Å². The Balaban J connectivity index is 1.71. The van der Waals surface area contributed by atoms with Crippen molar-refractivity contribution in [1.29, 1.82) is 0 Å². The van der Waals surface area contributed by atoms with Crippen molar-refractivity contribution in [3.8, 4) is 0 Å². The van der Waals surface area contributed by atoms with Crippen molar-refractivity contribution in [3.63, 3.8) is 0 Å². The van der Waals surface area contributed by atoms with Gasteiger partial charge in [0.15, 0.2) is 5.84 Å². The molecular formula is C25H27FN4O3. The molecule has 1 saturated heterocycles. The molecule has 172 valence electrons. The fourth-order valence-corrected chi connectivity index (χ4v) is 5.17. The lowest BCUT2D eigenvalue weighted by Crippen LogP contribution is -2.47. The first-order chi connectivity index (χ1) is 16.0. The van der Waals surface area contributed by atoms with Crippen LogP contribution in [0, 0.1) is 5.82 Å². The number of methoxy groups -OCH3 is 1. The first-order valence-corrected chi connectivity index (χ1v) is 11.2. The molecule has 33 heavy (non-hydrogen) atoms. The van der Waals surface area contributed by atoms with Gasteiger partial charge in [-0.15, -0.1) is 0 Å². The maximum atomic E-state index is 14.2. The third-order valence-corrected chi connectivity index (χ3v) is 6.66. The summed E-state index contributed by atoms with van der Waals surface area (Å²) < 4.78 is 24.9. The van der Waals surface area contributed by atoms with Gasteiger partial charge in [-0.2, -0.15) is 0 Å². The Bertz CT molecular complexity index is 1130. The van der Waals surface area contributed by atoms with E-state index in [1.807, 2.05) is 25.1 Å². The van der Waals surface area contributed by atoms with Gasteiger partial charge in [-0.05, 0) is 47.7 Å². The first kappa shape index (κ1) is 21.7. The van der Waals surface area contributed by atoms with Gasteiger partial charge in [-0.25, -0.2) is 14.2 Å². The summed E-state index contributed by atoms with van der Waals surface area (Å²) in [5.41, 5.74) is 2.63. The molecule has 0 amide bonds. The van der Waals surface area contributed by atoms with E-state index in [1.165, 1.54) is 13.2 Å². The number of hydrogen-bond acceptors (Lipinski definition) is 7. The molecule has 2 aliphatic heterocycles. The van der Waals surface area contributed by atoms with Gasteiger partial charge in [0.2, 0.25) is 0 Å². The number of fused-ring (bicyclic) bond motifs is 2. The molecule has 5 rings (SSSR count). The second-order valence-electron chi connectivity index (χ2n) is 8.73. The summed E-state index contributed by atoms with van der Waals surface area (Å²) in [6, 6.07) is 10.4. The van der Waals surface area contributed by atoms with Crippen molar-refractivity contribution in [1.82, 2.24) is 15.2 Å². The summed E-state index contributed by atoms with van der Waals surface area (Å²) in [6.45, 7) is 5.38. The number of nitrogens with zero attached hydrogens (tertiary/aromatic N) is 3. The number of hydrogen-bond donors (Lipinski definition) is 1. The minimum absolute atomic E-state index is 0.0202. The van der Waals surface area contributed by atoms with Gasteiger partial charge in [-0.3, -0.25) is 9.88 Å². The smallest absolute Gasteiger partial charge is 0.338 e. The van der Waals surface area contributed by atoms with E-state index >= 15 is 0 Å². The van der Waals surface area contributed by atoms with Crippen LogP contribution in [0.4, 0.5) is 4.39 Å². The lowest BCUT2D eigenvalue weighted by atomic mass is 9.81. The zero-order valence-electron chi connectivity index (χ0n) is 18.8. The number of aromatic nitrogens is 1. The van der Waals surface area contributed by atoms with Crippen molar-refractivity contribution in [3.05, 3.63) is 76.5 Å². The highest BCUT2D eigenvalue weighted by molar-refractivity contribution is 6.03. The number of nitrogens with one attached hydrogen (secondary N) is 1. The first-order valence-electron chi connectivity index (χ1n) is 11.2. The summed E-state index contributed by atoms with van der Waals surface area (Å²) >= 11 is 0. The lowest BCUT2D eigenvalue weighted by molar-refractivity contribution is -0.137. The highest BCUT2D eigenvalue weighted by Crippen LogP contribution is 2.53. The lowest BCUT2D eigenvalue weighted by Gasteiger charge is -2.37. The van der Waals surface area contributed by atoms with Crippen LogP contribution in [0.2, 0.25) is 0 Å². The van der Waals surface area contributed by atoms with E-state index < -0.39 is 11.5 Å². The summed E-state index contributed by atoms with van der Waals surface area (Å²) in [5.74, 6) is -0.112. The number of pyridine rings is 1. The van der Waals surface area contributed by atoms with Crippen LogP contribution < -0.4 is 5.32 Å². The average Bonchev–Trinajstić information content (AvgIpc) is 3.10. The molecule has 1 aromatic carbocycles. The molecule has 0 saturated carbocycles. The third-order valence-electron chi connectivity index (χ3n) is 6.66. The second kappa shape index (κ2) is 8.68. The molecule has 1 N–H and O–H groups in total. The number of esters is 1. The van der Waals surface area contributed by atoms with E-state index in [4.69, 9.17) is 14.5 Å². The molecule has 0 radical (unpaired) electrons. The molecule has 0 bridgehead atoms. The van der Waals surface area contributed by atoms with Crippen LogP contribution in [0.1, 0.15) is 36.1 Å². The molecule has 2 atom stereocenters. The Morgan fingerprint density at radius 2 is 2.12 bits per heavy atom. The van der Waals surface area contributed by atoms with Gasteiger partial charge in [-0.1, -0.05) is 19.1 Å². The number of morpholine rings is 1. The van der Waals surface area contributed by atoms with Gasteiger partial charge in [0, 0.05) is 31.5 Å². The normalized spacial score (nSPS) is 24.9. The summed E-state index contributed by atoms with van der Waals surface area (Å²) in [5, 5.41) is 3.40. The number of benzene rings is 1. The molecule has 8 heteroatoms. The van der Waals surface area contributed by atoms with Crippen LogP contribution in [-0.4, -0.2) is 61.6 Å². The third kappa shape index (κ3) is 3.83. The summed E-state index contributed by atoms with van der Waals surface area (Å²) in [6.07, 6.45) is 2.26. The molecule has 2 unspecified atom stereocenters. The van der Waals surface area contributed by atoms with Crippen LogP contribution in [0.15, 0.2) is 58.9 Å². The van der Waals surface area contributed by atoms with Crippen molar-refractivity contribution in [2.75, 3.05) is 40.0 Å². The highest BCUT2D eigenvalue weighted by atomic mass is 19.1. The van der Waals surface area contributed by atoms with Gasteiger partial charge in [0.25, 0.3) is 0 Å². The van der Waals surface area contributed by atoms with E-state index in [2.05, 4.69) is 15.2 Å². The minimum Gasteiger partial charge on any atom is -0.466 e. The molecule has 2 aromatic rings. The number of ether oxygens (including phenoxy) is 2.